The first-order valence-electron chi connectivity index (χ1n) is 7.94. The molecule has 0 radical (unpaired) electrons. The molecule has 0 saturated carbocycles. The van der Waals surface area contributed by atoms with Crippen LogP contribution in [0.2, 0.25) is 0 Å². The second-order valence-electron chi connectivity index (χ2n) is 6.65. The molecule has 2 aromatic rings. The van der Waals surface area contributed by atoms with Crippen LogP contribution in [0.5, 0.6) is 0 Å². The Morgan fingerprint density at radius 2 is 1.35 bits per heavy atom. The molecule has 0 fully saturated rings. The highest BCUT2D eigenvalue weighted by Crippen LogP contribution is 2.46. The van der Waals surface area contributed by atoms with Gasteiger partial charge in [0.05, 0.1) is 11.4 Å². The molecule has 23 heavy (non-hydrogen) atoms. The fourth-order valence-corrected chi connectivity index (χ4v) is 3.30. The summed E-state index contributed by atoms with van der Waals surface area (Å²) in [4.78, 5) is 9.00. The van der Waals surface area contributed by atoms with Crippen LogP contribution in [-0.4, -0.2) is 42.3 Å². The number of hydrogen-bond acceptors (Lipinski definition) is 4. The minimum atomic E-state index is 0.224. The Hall–Kier alpha value is -2.36. The fourth-order valence-electron chi connectivity index (χ4n) is 3.30. The van der Waals surface area contributed by atoms with Crippen molar-refractivity contribution in [2.24, 2.45) is 0 Å². The molecule has 1 aliphatic rings. The van der Waals surface area contributed by atoms with Gasteiger partial charge in [-0.1, -0.05) is 12.1 Å². The largest absolute Gasteiger partial charge is 0.378 e. The van der Waals surface area contributed by atoms with E-state index in [4.69, 9.17) is 0 Å². The van der Waals surface area contributed by atoms with E-state index in [-0.39, 0.29) is 6.17 Å². The fraction of sp³-hybridized carbons (Fsp3) is 0.368. The lowest BCUT2D eigenvalue weighted by Gasteiger charge is -2.29. The van der Waals surface area contributed by atoms with Gasteiger partial charge in [-0.05, 0) is 35.9 Å². The average Bonchev–Trinajstić information content (AvgIpc) is 2.78. The number of fused-ring (bicyclic) bond motifs is 1. The van der Waals surface area contributed by atoms with Crippen LogP contribution in [0.25, 0.3) is 0 Å². The normalized spacial score (nSPS) is 16.5. The summed E-state index contributed by atoms with van der Waals surface area (Å²) in [6.07, 6.45) is 0.224. The van der Waals surface area contributed by atoms with E-state index in [0.717, 1.165) is 0 Å². The van der Waals surface area contributed by atoms with E-state index in [9.17, 15) is 0 Å². The summed E-state index contributed by atoms with van der Waals surface area (Å²) in [6, 6.07) is 15.4. The molecule has 1 aliphatic heterocycles. The molecule has 0 aromatic heterocycles. The second-order valence-corrected chi connectivity index (χ2v) is 6.65. The average molecular weight is 310 g/mol. The highest BCUT2D eigenvalue weighted by molar-refractivity contribution is 5.81. The van der Waals surface area contributed by atoms with Gasteiger partial charge in [0.2, 0.25) is 0 Å². The molecule has 0 N–H and O–H groups in total. The van der Waals surface area contributed by atoms with Gasteiger partial charge in [0.25, 0.3) is 0 Å². The highest BCUT2D eigenvalue weighted by Gasteiger charge is 2.32. The molecule has 0 spiro atoms. The van der Waals surface area contributed by atoms with Crippen molar-refractivity contribution in [2.45, 2.75) is 6.17 Å². The first-order valence-corrected chi connectivity index (χ1v) is 7.94. The SMILES string of the molecule is CN(C)c1cccc(C2N(C)c3ccc(N(C)C)cc3N2C)c1. The van der Waals surface area contributed by atoms with Crippen molar-refractivity contribution in [3.8, 4) is 0 Å². The zero-order chi connectivity index (χ0) is 16.7. The van der Waals surface area contributed by atoms with Gasteiger partial charge in [-0.3, -0.25) is 0 Å². The number of nitrogens with zero attached hydrogens (tertiary/aromatic N) is 4. The van der Waals surface area contributed by atoms with Gasteiger partial charge >= 0.3 is 0 Å². The number of benzene rings is 2. The molecule has 0 bridgehead atoms. The highest BCUT2D eigenvalue weighted by atomic mass is 15.4. The Balaban J connectivity index is 2.01. The molecule has 1 heterocycles. The molecular weight excluding hydrogens is 284 g/mol. The lowest BCUT2D eigenvalue weighted by molar-refractivity contribution is 0.694. The Labute approximate surface area is 139 Å². The summed E-state index contributed by atoms with van der Waals surface area (Å²) < 4.78 is 0. The lowest BCUT2D eigenvalue weighted by atomic mass is 10.1. The maximum absolute atomic E-state index is 2.36. The number of hydrogen-bond donors (Lipinski definition) is 0. The third kappa shape index (κ3) is 2.58. The molecule has 0 aliphatic carbocycles. The van der Waals surface area contributed by atoms with Crippen molar-refractivity contribution in [3.63, 3.8) is 0 Å². The van der Waals surface area contributed by atoms with E-state index in [0.29, 0.717) is 0 Å². The summed E-state index contributed by atoms with van der Waals surface area (Å²) in [7, 11) is 12.7. The lowest BCUT2D eigenvalue weighted by Crippen LogP contribution is -2.30. The summed E-state index contributed by atoms with van der Waals surface area (Å²) in [5.41, 5.74) is 6.32. The molecule has 1 unspecified atom stereocenters. The van der Waals surface area contributed by atoms with Gasteiger partial charge < -0.3 is 19.6 Å². The van der Waals surface area contributed by atoms with Gasteiger partial charge in [0, 0.05) is 53.7 Å². The molecular formula is C19H26N4. The van der Waals surface area contributed by atoms with Crippen molar-refractivity contribution in [2.75, 3.05) is 61.9 Å². The molecule has 2 aromatic carbocycles. The van der Waals surface area contributed by atoms with Crippen LogP contribution in [0.4, 0.5) is 22.7 Å². The Bertz CT molecular complexity index is 708. The van der Waals surface area contributed by atoms with Gasteiger partial charge in [0.1, 0.15) is 6.17 Å². The van der Waals surface area contributed by atoms with Crippen molar-refractivity contribution >= 4 is 22.7 Å². The standard InChI is InChI=1S/C19H26N4/c1-20(2)15-9-7-8-14(12-15)19-22(5)17-11-10-16(21(3)4)13-18(17)23(19)6/h7-13,19H,1-6H3. The molecule has 4 nitrogen and oxygen atoms in total. The maximum atomic E-state index is 2.36. The van der Waals surface area contributed by atoms with Gasteiger partial charge in [-0.15, -0.1) is 0 Å². The van der Waals surface area contributed by atoms with E-state index in [2.05, 4.69) is 104 Å². The van der Waals surface area contributed by atoms with Gasteiger partial charge in [-0.25, -0.2) is 0 Å². The minimum absolute atomic E-state index is 0.224. The van der Waals surface area contributed by atoms with Crippen molar-refractivity contribution in [1.29, 1.82) is 0 Å². The topological polar surface area (TPSA) is 13.0 Å². The minimum Gasteiger partial charge on any atom is -0.378 e. The molecule has 122 valence electrons. The van der Waals surface area contributed by atoms with Crippen LogP contribution in [0.15, 0.2) is 42.5 Å². The van der Waals surface area contributed by atoms with Crippen LogP contribution >= 0.6 is 0 Å². The van der Waals surface area contributed by atoms with Crippen LogP contribution < -0.4 is 19.6 Å². The van der Waals surface area contributed by atoms with E-state index < -0.39 is 0 Å². The summed E-state index contributed by atoms with van der Waals surface area (Å²) in [5, 5.41) is 0. The first kappa shape index (κ1) is 15.5. The van der Waals surface area contributed by atoms with Gasteiger partial charge in [0.15, 0.2) is 0 Å². The van der Waals surface area contributed by atoms with Gasteiger partial charge in [-0.2, -0.15) is 0 Å². The first-order chi connectivity index (χ1) is 10.9. The summed E-state index contributed by atoms with van der Waals surface area (Å²) in [5.74, 6) is 0. The quantitative estimate of drug-likeness (QED) is 0.861. The van der Waals surface area contributed by atoms with E-state index >= 15 is 0 Å². The Morgan fingerprint density at radius 3 is 2.00 bits per heavy atom. The maximum Gasteiger partial charge on any atom is 0.128 e. The van der Waals surface area contributed by atoms with Crippen molar-refractivity contribution in [1.82, 2.24) is 0 Å². The zero-order valence-electron chi connectivity index (χ0n) is 14.9. The van der Waals surface area contributed by atoms with E-state index in [1.54, 1.807) is 0 Å². The molecule has 0 saturated heterocycles. The zero-order valence-corrected chi connectivity index (χ0v) is 14.9. The van der Waals surface area contributed by atoms with Crippen LogP contribution in [0.1, 0.15) is 11.7 Å². The smallest absolute Gasteiger partial charge is 0.128 e. The van der Waals surface area contributed by atoms with Crippen LogP contribution in [-0.2, 0) is 0 Å². The Kier molecular flexibility index (Phi) is 3.84. The third-order valence-corrected chi connectivity index (χ3v) is 4.65. The monoisotopic (exact) mass is 310 g/mol. The molecule has 1 atom stereocenters. The summed E-state index contributed by atoms with van der Waals surface area (Å²) >= 11 is 0. The molecule has 0 amide bonds. The predicted octanol–water partition coefficient (Wildman–Crippen LogP) is 3.40. The van der Waals surface area contributed by atoms with Crippen molar-refractivity contribution in [3.05, 3.63) is 48.0 Å². The third-order valence-electron chi connectivity index (χ3n) is 4.65. The molecule has 3 rings (SSSR count). The predicted molar refractivity (Wildman–Crippen MR) is 101 cm³/mol. The van der Waals surface area contributed by atoms with E-state index in [1.807, 2.05) is 0 Å². The van der Waals surface area contributed by atoms with Crippen LogP contribution in [0.3, 0.4) is 0 Å². The van der Waals surface area contributed by atoms with Crippen molar-refractivity contribution < 1.29 is 0 Å². The molecule has 4 heteroatoms. The second kappa shape index (κ2) is 5.69. The van der Waals surface area contributed by atoms with Crippen LogP contribution in [0, 0.1) is 0 Å². The summed E-state index contributed by atoms with van der Waals surface area (Å²) in [6.45, 7) is 0. The Morgan fingerprint density at radius 1 is 0.739 bits per heavy atom. The number of anilines is 4. The number of rotatable bonds is 3. The van der Waals surface area contributed by atoms with E-state index in [1.165, 1.54) is 28.3 Å².